The van der Waals surface area contributed by atoms with Crippen molar-refractivity contribution in [2.75, 3.05) is 38.1 Å². The van der Waals surface area contributed by atoms with Crippen molar-refractivity contribution in [2.45, 2.75) is 17.7 Å². The number of rotatable bonds is 7. The Labute approximate surface area is 187 Å². The third-order valence-electron chi connectivity index (χ3n) is 5.28. The lowest BCUT2D eigenvalue weighted by molar-refractivity contribution is -0.126. The van der Waals surface area contributed by atoms with Crippen LogP contribution in [0.2, 0.25) is 10.0 Å². The van der Waals surface area contributed by atoms with Crippen molar-refractivity contribution in [1.82, 2.24) is 9.62 Å². The maximum atomic E-state index is 12.9. The molecule has 1 amide bonds. The monoisotopic (exact) mass is 469 g/mol. The number of nitrogens with zero attached hydrogens (tertiary/aromatic N) is 2. The first kappa shape index (κ1) is 22.9. The van der Waals surface area contributed by atoms with Gasteiger partial charge in [-0.05, 0) is 43.2 Å². The molecule has 2 aromatic rings. The minimum absolute atomic E-state index is 0.00326. The highest BCUT2D eigenvalue weighted by Gasteiger charge is 2.33. The highest BCUT2D eigenvalue weighted by molar-refractivity contribution is 7.89. The zero-order chi connectivity index (χ0) is 21.7. The van der Waals surface area contributed by atoms with E-state index in [9.17, 15) is 13.2 Å². The molecule has 0 aliphatic carbocycles. The smallest absolute Gasteiger partial charge is 0.244 e. The van der Waals surface area contributed by atoms with Gasteiger partial charge in [0.15, 0.2) is 0 Å². The molecule has 0 unspecified atom stereocenters. The van der Waals surface area contributed by atoms with Crippen LogP contribution in [0.3, 0.4) is 0 Å². The van der Waals surface area contributed by atoms with Crippen LogP contribution in [0.4, 0.5) is 5.69 Å². The summed E-state index contributed by atoms with van der Waals surface area (Å²) in [5.41, 5.74) is 1.09. The molecule has 1 heterocycles. The SMILES string of the molecule is CN(CCNC(=O)C1CCN(S(=O)(=O)c2cc(Cl)ccc2Cl)CC1)c1ccccc1. The highest BCUT2D eigenvalue weighted by atomic mass is 35.5. The molecular formula is C21H25Cl2N3O3S. The minimum atomic E-state index is -3.74. The number of para-hydroxylation sites is 1. The van der Waals surface area contributed by atoms with Crippen molar-refractivity contribution < 1.29 is 13.2 Å². The van der Waals surface area contributed by atoms with E-state index in [1.54, 1.807) is 6.07 Å². The van der Waals surface area contributed by atoms with Crippen molar-refractivity contribution in [3.63, 3.8) is 0 Å². The molecule has 1 aliphatic heterocycles. The molecule has 1 saturated heterocycles. The van der Waals surface area contributed by atoms with Crippen LogP contribution >= 0.6 is 23.2 Å². The predicted octanol–water partition coefficient (Wildman–Crippen LogP) is 3.65. The van der Waals surface area contributed by atoms with Gasteiger partial charge in [-0.2, -0.15) is 4.31 Å². The van der Waals surface area contributed by atoms with Crippen LogP contribution in [0.25, 0.3) is 0 Å². The van der Waals surface area contributed by atoms with Crippen molar-refractivity contribution in [3.8, 4) is 0 Å². The molecule has 1 N–H and O–H groups in total. The van der Waals surface area contributed by atoms with Crippen molar-refractivity contribution >= 4 is 44.8 Å². The Morgan fingerprint density at radius 3 is 2.47 bits per heavy atom. The van der Waals surface area contributed by atoms with Crippen molar-refractivity contribution in [1.29, 1.82) is 0 Å². The second-order valence-corrected chi connectivity index (χ2v) is 10.1. The van der Waals surface area contributed by atoms with E-state index in [-0.39, 0.29) is 34.8 Å². The molecule has 0 radical (unpaired) electrons. The van der Waals surface area contributed by atoms with E-state index < -0.39 is 10.0 Å². The van der Waals surface area contributed by atoms with Crippen molar-refractivity contribution in [3.05, 3.63) is 58.6 Å². The van der Waals surface area contributed by atoms with Crippen molar-refractivity contribution in [2.24, 2.45) is 5.92 Å². The number of piperidine rings is 1. The van der Waals surface area contributed by atoms with E-state index in [1.807, 2.05) is 37.4 Å². The van der Waals surface area contributed by atoms with Gasteiger partial charge in [0, 0.05) is 49.9 Å². The minimum Gasteiger partial charge on any atom is -0.373 e. The molecule has 0 atom stereocenters. The van der Waals surface area contributed by atoms with Crippen LogP contribution in [-0.4, -0.2) is 51.9 Å². The highest BCUT2D eigenvalue weighted by Crippen LogP contribution is 2.30. The number of benzene rings is 2. The maximum absolute atomic E-state index is 12.9. The molecule has 162 valence electrons. The summed E-state index contributed by atoms with van der Waals surface area (Å²) in [6, 6.07) is 14.3. The second-order valence-electron chi connectivity index (χ2n) is 7.30. The van der Waals surface area contributed by atoms with Gasteiger partial charge in [-0.1, -0.05) is 41.4 Å². The zero-order valence-electron chi connectivity index (χ0n) is 16.7. The molecular weight excluding hydrogens is 445 g/mol. The fourth-order valence-electron chi connectivity index (χ4n) is 3.48. The molecule has 3 rings (SSSR count). The lowest BCUT2D eigenvalue weighted by Crippen LogP contribution is -2.44. The Kier molecular flexibility index (Phi) is 7.63. The van der Waals surface area contributed by atoms with Crippen LogP contribution in [0.1, 0.15) is 12.8 Å². The summed E-state index contributed by atoms with van der Waals surface area (Å²) in [7, 11) is -1.77. The number of halogens is 2. The van der Waals surface area contributed by atoms with Gasteiger partial charge in [-0.3, -0.25) is 4.79 Å². The predicted molar refractivity (Wildman–Crippen MR) is 121 cm³/mol. The molecule has 6 nitrogen and oxygen atoms in total. The third kappa shape index (κ3) is 5.46. The average Bonchev–Trinajstić information content (AvgIpc) is 2.76. The van der Waals surface area contributed by atoms with E-state index in [0.717, 1.165) is 5.69 Å². The number of sulfonamides is 1. The summed E-state index contributed by atoms with van der Waals surface area (Å²) in [5.74, 6) is -0.234. The zero-order valence-corrected chi connectivity index (χ0v) is 19.1. The summed E-state index contributed by atoms with van der Waals surface area (Å²) in [4.78, 5) is 14.6. The molecule has 0 bridgehead atoms. The number of hydrogen-bond acceptors (Lipinski definition) is 4. The Balaban J connectivity index is 1.50. The first-order chi connectivity index (χ1) is 14.3. The quantitative estimate of drug-likeness (QED) is 0.671. The Morgan fingerprint density at radius 2 is 1.80 bits per heavy atom. The van der Waals surface area contributed by atoms with Gasteiger partial charge in [-0.15, -0.1) is 0 Å². The number of carbonyl (C=O) groups excluding carboxylic acids is 1. The molecule has 30 heavy (non-hydrogen) atoms. The van der Waals surface area contributed by atoms with Gasteiger partial charge < -0.3 is 10.2 Å². The summed E-state index contributed by atoms with van der Waals surface area (Å²) in [6.07, 6.45) is 0.940. The molecule has 9 heteroatoms. The fraction of sp³-hybridized carbons (Fsp3) is 0.381. The van der Waals surface area contributed by atoms with Gasteiger partial charge in [-0.25, -0.2) is 8.42 Å². The maximum Gasteiger partial charge on any atom is 0.244 e. The van der Waals surface area contributed by atoms with E-state index in [4.69, 9.17) is 23.2 Å². The average molecular weight is 470 g/mol. The van der Waals surface area contributed by atoms with Crippen LogP contribution < -0.4 is 10.2 Å². The third-order valence-corrected chi connectivity index (χ3v) is 7.89. The molecule has 2 aromatic carbocycles. The van der Waals surface area contributed by atoms with E-state index in [1.165, 1.54) is 16.4 Å². The largest absolute Gasteiger partial charge is 0.373 e. The summed E-state index contributed by atoms with van der Waals surface area (Å²) in [6.45, 7) is 1.76. The standard InChI is InChI=1S/C21H25Cl2N3O3S/c1-25(18-5-3-2-4-6-18)14-11-24-21(27)16-9-12-26(13-10-16)30(28,29)20-15-17(22)7-8-19(20)23/h2-8,15-16H,9-14H2,1H3,(H,24,27). The van der Waals surface area contributed by atoms with E-state index in [2.05, 4.69) is 10.2 Å². The van der Waals surface area contributed by atoms with E-state index >= 15 is 0 Å². The molecule has 0 aromatic heterocycles. The number of likely N-dealkylation sites (N-methyl/N-ethyl adjacent to an activating group) is 1. The van der Waals surface area contributed by atoms with Crippen LogP contribution in [0.5, 0.6) is 0 Å². The Bertz CT molecular complexity index is 978. The van der Waals surface area contributed by atoms with Gasteiger partial charge in [0.05, 0.1) is 5.02 Å². The van der Waals surface area contributed by atoms with Crippen LogP contribution in [0.15, 0.2) is 53.4 Å². The Hall–Kier alpha value is -1.80. The molecule has 0 spiro atoms. The number of anilines is 1. The molecule has 0 saturated carbocycles. The molecule has 1 aliphatic rings. The Morgan fingerprint density at radius 1 is 1.13 bits per heavy atom. The summed E-state index contributed by atoms with van der Waals surface area (Å²) >= 11 is 12.0. The van der Waals surface area contributed by atoms with Gasteiger partial charge in [0.1, 0.15) is 4.90 Å². The summed E-state index contributed by atoms with van der Waals surface area (Å²) in [5, 5.41) is 3.42. The normalized spacial score (nSPS) is 15.7. The van der Waals surface area contributed by atoms with E-state index in [0.29, 0.717) is 31.0 Å². The lowest BCUT2D eigenvalue weighted by Gasteiger charge is -2.31. The van der Waals surface area contributed by atoms with Gasteiger partial charge >= 0.3 is 0 Å². The number of hydrogen-bond donors (Lipinski definition) is 1. The summed E-state index contributed by atoms with van der Waals surface area (Å²) < 4.78 is 27.2. The lowest BCUT2D eigenvalue weighted by atomic mass is 9.97. The first-order valence-corrected chi connectivity index (χ1v) is 12.0. The van der Waals surface area contributed by atoms with Gasteiger partial charge in [0.25, 0.3) is 0 Å². The fourth-order valence-corrected chi connectivity index (χ4v) is 5.68. The second kappa shape index (κ2) is 10.0. The number of amides is 1. The number of nitrogens with one attached hydrogen (secondary N) is 1. The molecule has 1 fully saturated rings. The topological polar surface area (TPSA) is 69.7 Å². The first-order valence-electron chi connectivity index (χ1n) is 9.78. The van der Waals surface area contributed by atoms with Crippen LogP contribution in [-0.2, 0) is 14.8 Å². The van der Waals surface area contributed by atoms with Gasteiger partial charge in [0.2, 0.25) is 15.9 Å². The number of carbonyl (C=O) groups is 1. The van der Waals surface area contributed by atoms with Crippen LogP contribution in [0, 0.1) is 5.92 Å².